The molecule has 0 spiro atoms. The molecule has 1 atom stereocenters. The van der Waals surface area contributed by atoms with E-state index in [2.05, 4.69) is 5.32 Å². The van der Waals surface area contributed by atoms with Crippen LogP contribution < -0.4 is 10.1 Å². The van der Waals surface area contributed by atoms with Crippen molar-refractivity contribution in [3.8, 4) is 5.75 Å². The summed E-state index contributed by atoms with van der Waals surface area (Å²) < 4.78 is 7.18. The molecule has 1 heterocycles. The van der Waals surface area contributed by atoms with E-state index < -0.39 is 12.0 Å². The van der Waals surface area contributed by atoms with Gasteiger partial charge in [-0.1, -0.05) is 13.8 Å². The second-order valence-electron chi connectivity index (χ2n) is 6.27. The Morgan fingerprint density at radius 2 is 2.04 bits per heavy atom. The van der Waals surface area contributed by atoms with Gasteiger partial charge in [0, 0.05) is 30.1 Å². The van der Waals surface area contributed by atoms with E-state index in [0.717, 1.165) is 16.7 Å². The van der Waals surface area contributed by atoms with Crippen LogP contribution in [0.25, 0.3) is 10.9 Å². The van der Waals surface area contributed by atoms with Crippen LogP contribution in [-0.2, 0) is 16.1 Å². The Balaban J connectivity index is 1.97. The number of nitrogens with zero attached hydrogens (tertiary/aromatic N) is 1. The molecule has 1 aromatic carbocycles. The zero-order valence-electron chi connectivity index (χ0n) is 14.3. The van der Waals surface area contributed by atoms with E-state index in [0.29, 0.717) is 13.0 Å². The third kappa shape index (κ3) is 4.50. The maximum absolute atomic E-state index is 12.1. The SMILES string of the molecule is COc1ccc2c(ccn2CCC(=O)NC(CC(C)C)C(=O)O)c1. The van der Waals surface area contributed by atoms with Crippen molar-refractivity contribution < 1.29 is 19.4 Å². The molecule has 2 aromatic rings. The number of hydrogen-bond acceptors (Lipinski definition) is 3. The zero-order valence-corrected chi connectivity index (χ0v) is 14.3. The first-order valence-electron chi connectivity index (χ1n) is 8.05. The van der Waals surface area contributed by atoms with Crippen molar-refractivity contribution in [2.24, 2.45) is 5.92 Å². The number of carboxylic acid groups (broad SMARTS) is 1. The van der Waals surface area contributed by atoms with Crippen LogP contribution in [0.3, 0.4) is 0 Å². The molecule has 1 aromatic heterocycles. The molecule has 0 fully saturated rings. The first kappa shape index (κ1) is 17.8. The van der Waals surface area contributed by atoms with E-state index in [1.807, 2.05) is 48.9 Å². The third-order valence-electron chi connectivity index (χ3n) is 3.90. The Kier molecular flexibility index (Phi) is 5.84. The topological polar surface area (TPSA) is 80.6 Å². The fourth-order valence-electron chi connectivity index (χ4n) is 2.68. The molecule has 2 N–H and O–H groups in total. The van der Waals surface area contributed by atoms with Crippen molar-refractivity contribution in [1.82, 2.24) is 9.88 Å². The van der Waals surface area contributed by atoms with Crippen LogP contribution in [0.15, 0.2) is 30.5 Å². The summed E-state index contributed by atoms with van der Waals surface area (Å²) in [4.78, 5) is 23.3. The van der Waals surface area contributed by atoms with Crippen molar-refractivity contribution >= 4 is 22.8 Å². The highest BCUT2D eigenvalue weighted by Gasteiger charge is 2.20. The Hall–Kier alpha value is -2.50. The van der Waals surface area contributed by atoms with E-state index in [9.17, 15) is 14.7 Å². The standard InChI is InChI=1S/C18H24N2O4/c1-12(2)10-15(18(22)23)19-17(21)7-9-20-8-6-13-11-14(24-3)4-5-16(13)20/h4-6,8,11-12,15H,7,9-10H2,1-3H3,(H,19,21)(H,22,23). The number of ether oxygens (including phenoxy) is 1. The molecule has 6 heteroatoms. The average Bonchev–Trinajstić information content (AvgIpc) is 2.93. The Bertz CT molecular complexity index is 721. The van der Waals surface area contributed by atoms with Gasteiger partial charge in [0.15, 0.2) is 0 Å². The van der Waals surface area contributed by atoms with Gasteiger partial charge in [0.05, 0.1) is 7.11 Å². The molecule has 0 saturated carbocycles. The molecule has 0 saturated heterocycles. The van der Waals surface area contributed by atoms with Crippen molar-refractivity contribution in [3.63, 3.8) is 0 Å². The maximum Gasteiger partial charge on any atom is 0.326 e. The number of carbonyl (C=O) groups excluding carboxylic acids is 1. The number of aliphatic carboxylic acids is 1. The highest BCUT2D eigenvalue weighted by Crippen LogP contribution is 2.22. The number of carbonyl (C=O) groups is 2. The summed E-state index contributed by atoms with van der Waals surface area (Å²) in [5, 5.41) is 12.8. The van der Waals surface area contributed by atoms with E-state index in [-0.39, 0.29) is 18.2 Å². The highest BCUT2D eigenvalue weighted by molar-refractivity contribution is 5.84. The van der Waals surface area contributed by atoms with Gasteiger partial charge in [-0.25, -0.2) is 4.79 Å². The monoisotopic (exact) mass is 332 g/mol. The molecule has 6 nitrogen and oxygen atoms in total. The fraction of sp³-hybridized carbons (Fsp3) is 0.444. The summed E-state index contributed by atoms with van der Waals surface area (Å²) in [5.74, 6) is -0.250. The first-order chi connectivity index (χ1) is 11.4. The van der Waals surface area contributed by atoms with Crippen LogP contribution in [-0.4, -0.2) is 34.7 Å². The van der Waals surface area contributed by atoms with Gasteiger partial charge in [0.1, 0.15) is 11.8 Å². The Labute approximate surface area is 141 Å². The summed E-state index contributed by atoms with van der Waals surface area (Å²) >= 11 is 0. The van der Waals surface area contributed by atoms with Crippen LogP contribution in [0.1, 0.15) is 26.7 Å². The predicted octanol–water partition coefficient (Wildman–Crippen LogP) is 2.66. The van der Waals surface area contributed by atoms with Crippen LogP contribution in [0, 0.1) is 5.92 Å². The van der Waals surface area contributed by atoms with Gasteiger partial charge in [0.25, 0.3) is 0 Å². The zero-order chi connectivity index (χ0) is 17.7. The minimum Gasteiger partial charge on any atom is -0.497 e. The van der Waals surface area contributed by atoms with Gasteiger partial charge in [-0.05, 0) is 36.6 Å². The molecule has 130 valence electrons. The number of nitrogens with one attached hydrogen (secondary N) is 1. The number of rotatable bonds is 8. The van der Waals surface area contributed by atoms with Crippen LogP contribution in [0.5, 0.6) is 5.75 Å². The Morgan fingerprint density at radius 3 is 2.67 bits per heavy atom. The summed E-state index contributed by atoms with van der Waals surface area (Å²) in [5.41, 5.74) is 1.01. The van der Waals surface area contributed by atoms with Gasteiger partial charge >= 0.3 is 5.97 Å². The minimum absolute atomic E-state index is 0.203. The van der Waals surface area contributed by atoms with Crippen LogP contribution in [0.2, 0.25) is 0 Å². The number of hydrogen-bond donors (Lipinski definition) is 2. The molecular formula is C18H24N2O4. The minimum atomic E-state index is -0.990. The maximum atomic E-state index is 12.1. The third-order valence-corrected chi connectivity index (χ3v) is 3.90. The van der Waals surface area contributed by atoms with Crippen LogP contribution >= 0.6 is 0 Å². The number of amides is 1. The summed E-state index contributed by atoms with van der Waals surface area (Å²) in [6.07, 6.45) is 2.57. The molecule has 0 aliphatic carbocycles. The number of fused-ring (bicyclic) bond motifs is 1. The van der Waals surface area contributed by atoms with Gasteiger partial charge in [0.2, 0.25) is 5.91 Å². The number of methoxy groups -OCH3 is 1. The lowest BCUT2D eigenvalue weighted by atomic mass is 10.0. The van der Waals surface area contributed by atoms with Crippen molar-refractivity contribution in [1.29, 1.82) is 0 Å². The average molecular weight is 332 g/mol. The summed E-state index contributed by atoms with van der Waals surface area (Å²) in [6, 6.07) is 6.90. The number of carboxylic acids is 1. The van der Waals surface area contributed by atoms with E-state index in [4.69, 9.17) is 4.74 Å². The number of benzene rings is 1. The fourth-order valence-corrected chi connectivity index (χ4v) is 2.68. The lowest BCUT2D eigenvalue weighted by Gasteiger charge is -2.16. The lowest BCUT2D eigenvalue weighted by molar-refractivity contribution is -0.142. The largest absolute Gasteiger partial charge is 0.497 e. The van der Waals surface area contributed by atoms with Crippen LogP contribution in [0.4, 0.5) is 0 Å². The van der Waals surface area contributed by atoms with E-state index in [1.54, 1.807) is 7.11 Å². The first-order valence-corrected chi connectivity index (χ1v) is 8.05. The molecular weight excluding hydrogens is 308 g/mol. The molecule has 0 aliphatic heterocycles. The van der Waals surface area contributed by atoms with Crippen molar-refractivity contribution in [2.45, 2.75) is 39.3 Å². The Morgan fingerprint density at radius 1 is 1.29 bits per heavy atom. The predicted molar refractivity (Wildman–Crippen MR) is 92.1 cm³/mol. The molecule has 1 unspecified atom stereocenters. The van der Waals surface area contributed by atoms with Crippen molar-refractivity contribution in [2.75, 3.05) is 7.11 Å². The summed E-state index contributed by atoms with van der Waals surface area (Å²) in [7, 11) is 1.62. The molecule has 0 aliphatic rings. The lowest BCUT2D eigenvalue weighted by Crippen LogP contribution is -2.41. The van der Waals surface area contributed by atoms with Gasteiger partial charge in [-0.2, -0.15) is 0 Å². The second-order valence-corrected chi connectivity index (χ2v) is 6.27. The van der Waals surface area contributed by atoms with Crippen molar-refractivity contribution in [3.05, 3.63) is 30.5 Å². The quantitative estimate of drug-likeness (QED) is 0.779. The van der Waals surface area contributed by atoms with E-state index in [1.165, 1.54) is 0 Å². The molecule has 24 heavy (non-hydrogen) atoms. The molecule has 0 bridgehead atoms. The van der Waals surface area contributed by atoms with Gasteiger partial charge < -0.3 is 19.7 Å². The normalized spacial score (nSPS) is 12.3. The number of aromatic nitrogens is 1. The van der Waals surface area contributed by atoms with Gasteiger partial charge in [-0.15, -0.1) is 0 Å². The van der Waals surface area contributed by atoms with Gasteiger partial charge in [-0.3, -0.25) is 4.79 Å². The molecule has 2 rings (SSSR count). The second kappa shape index (κ2) is 7.86. The summed E-state index contributed by atoms with van der Waals surface area (Å²) in [6.45, 7) is 4.36. The highest BCUT2D eigenvalue weighted by atomic mass is 16.5. The molecule has 0 radical (unpaired) electrons. The number of aryl methyl sites for hydroxylation is 1. The van der Waals surface area contributed by atoms with E-state index >= 15 is 0 Å². The smallest absolute Gasteiger partial charge is 0.326 e. The molecule has 1 amide bonds.